The zero-order chi connectivity index (χ0) is 17.4. The molecule has 2 N–H and O–H groups in total. The molecule has 2 rings (SSSR count). The van der Waals surface area contributed by atoms with E-state index in [0.29, 0.717) is 11.9 Å². The van der Waals surface area contributed by atoms with Gasteiger partial charge in [-0.05, 0) is 43.4 Å². The van der Waals surface area contributed by atoms with Gasteiger partial charge in [-0.2, -0.15) is 4.98 Å². The third-order valence-electron chi connectivity index (χ3n) is 3.74. The molecule has 1 aromatic carbocycles. The number of ether oxygens (including phenoxy) is 1. The summed E-state index contributed by atoms with van der Waals surface area (Å²) in [5.74, 6) is 3.12. The molecular formula is C19H28N4O. The quantitative estimate of drug-likeness (QED) is 0.731. The summed E-state index contributed by atoms with van der Waals surface area (Å²) >= 11 is 0. The van der Waals surface area contributed by atoms with Crippen LogP contribution in [0.3, 0.4) is 0 Å². The molecule has 0 aliphatic rings. The van der Waals surface area contributed by atoms with Crippen molar-refractivity contribution >= 4 is 11.8 Å². The van der Waals surface area contributed by atoms with Gasteiger partial charge in [0.15, 0.2) is 0 Å². The first-order valence-corrected chi connectivity index (χ1v) is 8.53. The van der Waals surface area contributed by atoms with Crippen LogP contribution in [0.25, 0.3) is 0 Å². The van der Waals surface area contributed by atoms with Crippen molar-refractivity contribution in [3.63, 3.8) is 0 Å². The van der Waals surface area contributed by atoms with Crippen LogP contribution in [0.2, 0.25) is 0 Å². The SMILES string of the molecule is COc1ccc(CCNc2nc(C)cc(NCCC(C)C)n2)cc1. The smallest absolute Gasteiger partial charge is 0.224 e. The predicted octanol–water partition coefficient (Wildman–Crippen LogP) is 3.91. The first-order valence-electron chi connectivity index (χ1n) is 8.53. The van der Waals surface area contributed by atoms with Crippen LogP contribution in [-0.2, 0) is 6.42 Å². The van der Waals surface area contributed by atoms with Crippen LogP contribution in [-0.4, -0.2) is 30.2 Å². The lowest BCUT2D eigenvalue weighted by Gasteiger charge is -2.11. The Balaban J connectivity index is 1.85. The monoisotopic (exact) mass is 328 g/mol. The minimum absolute atomic E-state index is 0.676. The van der Waals surface area contributed by atoms with Crippen LogP contribution in [0.5, 0.6) is 5.75 Å². The van der Waals surface area contributed by atoms with Gasteiger partial charge in [0.25, 0.3) is 0 Å². The van der Waals surface area contributed by atoms with Gasteiger partial charge >= 0.3 is 0 Å². The maximum Gasteiger partial charge on any atom is 0.224 e. The van der Waals surface area contributed by atoms with Crippen molar-refractivity contribution in [2.24, 2.45) is 5.92 Å². The van der Waals surface area contributed by atoms with Crippen molar-refractivity contribution in [2.75, 3.05) is 30.8 Å². The summed E-state index contributed by atoms with van der Waals surface area (Å²) in [7, 11) is 1.68. The zero-order valence-corrected chi connectivity index (χ0v) is 15.1. The largest absolute Gasteiger partial charge is 0.497 e. The molecule has 0 spiro atoms. The minimum atomic E-state index is 0.676. The number of hydrogen-bond donors (Lipinski definition) is 2. The molecular weight excluding hydrogens is 300 g/mol. The summed E-state index contributed by atoms with van der Waals surface area (Å²) in [4.78, 5) is 8.99. The Morgan fingerprint density at radius 3 is 2.46 bits per heavy atom. The van der Waals surface area contributed by atoms with E-state index in [-0.39, 0.29) is 0 Å². The highest BCUT2D eigenvalue weighted by Gasteiger charge is 2.03. The maximum absolute atomic E-state index is 5.17. The van der Waals surface area contributed by atoms with Gasteiger partial charge in [-0.1, -0.05) is 26.0 Å². The Bertz CT molecular complexity index is 626. The molecule has 0 fully saturated rings. The molecule has 130 valence electrons. The van der Waals surface area contributed by atoms with Gasteiger partial charge in [0.1, 0.15) is 11.6 Å². The van der Waals surface area contributed by atoms with Gasteiger partial charge in [0.2, 0.25) is 5.95 Å². The molecule has 1 aromatic heterocycles. The molecule has 5 nitrogen and oxygen atoms in total. The molecule has 0 atom stereocenters. The fourth-order valence-electron chi connectivity index (χ4n) is 2.34. The molecule has 5 heteroatoms. The number of anilines is 2. The molecule has 1 heterocycles. The van der Waals surface area contributed by atoms with E-state index in [4.69, 9.17) is 4.74 Å². The molecule has 0 unspecified atom stereocenters. The molecule has 0 aliphatic carbocycles. The Kier molecular flexibility index (Phi) is 6.85. The lowest BCUT2D eigenvalue weighted by atomic mass is 10.1. The number of methoxy groups -OCH3 is 1. The van der Waals surface area contributed by atoms with E-state index >= 15 is 0 Å². The Hall–Kier alpha value is -2.30. The standard InChI is InChI=1S/C19H28N4O/c1-14(2)9-11-20-18-13-15(3)22-19(23-18)21-12-10-16-5-7-17(24-4)8-6-16/h5-8,13-14H,9-12H2,1-4H3,(H2,20,21,22,23). The van der Waals surface area contributed by atoms with Gasteiger partial charge in [-0.15, -0.1) is 0 Å². The van der Waals surface area contributed by atoms with E-state index in [1.807, 2.05) is 25.1 Å². The topological polar surface area (TPSA) is 59.1 Å². The lowest BCUT2D eigenvalue weighted by Crippen LogP contribution is -2.11. The van der Waals surface area contributed by atoms with Gasteiger partial charge in [0, 0.05) is 24.8 Å². The normalized spacial score (nSPS) is 10.7. The van der Waals surface area contributed by atoms with E-state index in [2.05, 4.69) is 46.6 Å². The highest BCUT2D eigenvalue weighted by molar-refractivity contribution is 5.42. The second kappa shape index (κ2) is 9.11. The molecule has 2 aromatic rings. The van der Waals surface area contributed by atoms with Crippen molar-refractivity contribution in [3.8, 4) is 5.75 Å². The summed E-state index contributed by atoms with van der Waals surface area (Å²) in [5, 5.41) is 6.68. The molecule has 0 saturated heterocycles. The second-order valence-corrected chi connectivity index (χ2v) is 6.35. The fraction of sp³-hybridized carbons (Fsp3) is 0.474. The molecule has 0 amide bonds. The third kappa shape index (κ3) is 6.07. The number of aryl methyl sites for hydroxylation is 1. The highest BCUT2D eigenvalue weighted by Crippen LogP contribution is 2.13. The Labute approximate surface area is 144 Å². The average molecular weight is 328 g/mol. The summed E-state index contributed by atoms with van der Waals surface area (Å²) in [6, 6.07) is 10.1. The maximum atomic E-state index is 5.17. The van der Waals surface area contributed by atoms with Crippen molar-refractivity contribution in [2.45, 2.75) is 33.6 Å². The van der Waals surface area contributed by atoms with Gasteiger partial charge < -0.3 is 15.4 Å². The van der Waals surface area contributed by atoms with Crippen LogP contribution in [0.4, 0.5) is 11.8 Å². The van der Waals surface area contributed by atoms with Gasteiger partial charge in [-0.25, -0.2) is 4.98 Å². The number of aromatic nitrogens is 2. The molecule has 0 saturated carbocycles. The molecule has 0 bridgehead atoms. The highest BCUT2D eigenvalue weighted by atomic mass is 16.5. The summed E-state index contributed by atoms with van der Waals surface area (Å²) in [6.45, 7) is 8.16. The number of benzene rings is 1. The number of rotatable bonds is 9. The van der Waals surface area contributed by atoms with E-state index in [1.54, 1.807) is 7.11 Å². The molecule has 0 radical (unpaired) electrons. The van der Waals surface area contributed by atoms with E-state index in [1.165, 1.54) is 5.56 Å². The van der Waals surface area contributed by atoms with Crippen molar-refractivity contribution in [1.29, 1.82) is 0 Å². The lowest BCUT2D eigenvalue weighted by molar-refractivity contribution is 0.414. The zero-order valence-electron chi connectivity index (χ0n) is 15.1. The van der Waals surface area contributed by atoms with E-state index < -0.39 is 0 Å². The van der Waals surface area contributed by atoms with Crippen molar-refractivity contribution in [1.82, 2.24) is 9.97 Å². The van der Waals surface area contributed by atoms with E-state index in [9.17, 15) is 0 Å². The average Bonchev–Trinajstić information content (AvgIpc) is 2.55. The van der Waals surface area contributed by atoms with Crippen LogP contribution in [0.1, 0.15) is 31.5 Å². The summed E-state index contributed by atoms with van der Waals surface area (Å²) in [6.07, 6.45) is 2.04. The Morgan fingerprint density at radius 2 is 1.79 bits per heavy atom. The van der Waals surface area contributed by atoms with Crippen molar-refractivity contribution < 1.29 is 4.74 Å². The van der Waals surface area contributed by atoms with Crippen LogP contribution < -0.4 is 15.4 Å². The molecule has 0 aliphatic heterocycles. The van der Waals surface area contributed by atoms with Crippen LogP contribution in [0, 0.1) is 12.8 Å². The minimum Gasteiger partial charge on any atom is -0.497 e. The summed E-state index contributed by atoms with van der Waals surface area (Å²) < 4.78 is 5.17. The van der Waals surface area contributed by atoms with Gasteiger partial charge in [0.05, 0.1) is 7.11 Å². The van der Waals surface area contributed by atoms with E-state index in [0.717, 1.165) is 43.2 Å². The number of hydrogen-bond acceptors (Lipinski definition) is 5. The Morgan fingerprint density at radius 1 is 1.04 bits per heavy atom. The number of nitrogens with one attached hydrogen (secondary N) is 2. The third-order valence-corrected chi connectivity index (χ3v) is 3.74. The first-order chi connectivity index (χ1) is 11.6. The van der Waals surface area contributed by atoms with Gasteiger partial charge in [-0.3, -0.25) is 0 Å². The van der Waals surface area contributed by atoms with Crippen molar-refractivity contribution in [3.05, 3.63) is 41.6 Å². The van der Waals surface area contributed by atoms with Crippen LogP contribution >= 0.6 is 0 Å². The fourth-order valence-corrected chi connectivity index (χ4v) is 2.34. The first kappa shape index (κ1) is 18.0. The van der Waals surface area contributed by atoms with Crippen LogP contribution in [0.15, 0.2) is 30.3 Å². The predicted molar refractivity (Wildman–Crippen MR) is 99.9 cm³/mol. The molecule has 24 heavy (non-hydrogen) atoms. The summed E-state index contributed by atoms with van der Waals surface area (Å²) in [5.41, 5.74) is 2.22. The second-order valence-electron chi connectivity index (χ2n) is 6.35. The number of nitrogens with zero attached hydrogens (tertiary/aromatic N) is 2.